The van der Waals surface area contributed by atoms with Crippen molar-refractivity contribution in [3.8, 4) is 0 Å². The van der Waals surface area contributed by atoms with Crippen LogP contribution in [-0.2, 0) is 0 Å². The van der Waals surface area contributed by atoms with Gasteiger partial charge in [0.15, 0.2) is 0 Å². The van der Waals surface area contributed by atoms with Crippen molar-refractivity contribution in [1.29, 1.82) is 0 Å². The van der Waals surface area contributed by atoms with E-state index >= 15 is 0 Å². The van der Waals surface area contributed by atoms with Gasteiger partial charge < -0.3 is 11.1 Å². The van der Waals surface area contributed by atoms with E-state index in [0.29, 0.717) is 11.3 Å². The molecule has 0 rings (SSSR count). The molecule has 74 valence electrons. The van der Waals surface area contributed by atoms with Gasteiger partial charge in [-0.3, -0.25) is 0 Å². The van der Waals surface area contributed by atoms with Crippen molar-refractivity contribution >= 4 is 0 Å². The number of hydrogen-bond donors (Lipinski definition) is 2. The van der Waals surface area contributed by atoms with Gasteiger partial charge in [0.1, 0.15) is 0 Å². The van der Waals surface area contributed by atoms with Crippen molar-refractivity contribution < 1.29 is 0 Å². The van der Waals surface area contributed by atoms with Crippen LogP contribution >= 0.6 is 0 Å². The van der Waals surface area contributed by atoms with Gasteiger partial charge in [0.25, 0.3) is 0 Å². The summed E-state index contributed by atoms with van der Waals surface area (Å²) in [7, 11) is 0. The van der Waals surface area contributed by atoms with E-state index in [0.717, 1.165) is 26.1 Å². The first-order valence-corrected chi connectivity index (χ1v) is 4.97. The van der Waals surface area contributed by atoms with Gasteiger partial charge in [-0.25, -0.2) is 0 Å². The summed E-state index contributed by atoms with van der Waals surface area (Å²) in [5.74, 6) is 0.695. The highest BCUT2D eigenvalue weighted by molar-refractivity contribution is 4.80. The van der Waals surface area contributed by atoms with Gasteiger partial charge in [-0.05, 0) is 30.8 Å². The molecule has 0 aromatic rings. The van der Waals surface area contributed by atoms with Gasteiger partial charge in [0, 0.05) is 6.54 Å². The molecule has 0 aromatic heterocycles. The SMILES string of the molecule is CCNCC(C)(CCN)C(C)C. The van der Waals surface area contributed by atoms with Gasteiger partial charge in [-0.1, -0.05) is 27.7 Å². The zero-order valence-corrected chi connectivity index (χ0v) is 8.98. The maximum absolute atomic E-state index is 5.60. The second-order valence-corrected chi connectivity index (χ2v) is 4.13. The second-order valence-electron chi connectivity index (χ2n) is 4.13. The summed E-state index contributed by atoms with van der Waals surface area (Å²) < 4.78 is 0. The van der Waals surface area contributed by atoms with Crippen LogP contribution in [0.25, 0.3) is 0 Å². The van der Waals surface area contributed by atoms with Gasteiger partial charge in [0.05, 0.1) is 0 Å². The standard InChI is InChI=1S/C10H24N2/c1-5-12-8-10(4,6-7-11)9(2)3/h9,12H,5-8,11H2,1-4H3. The Hall–Kier alpha value is -0.0800. The molecular weight excluding hydrogens is 148 g/mol. The van der Waals surface area contributed by atoms with E-state index in [1.807, 2.05) is 0 Å². The fourth-order valence-electron chi connectivity index (χ4n) is 1.32. The average Bonchev–Trinajstić information content (AvgIpc) is 2.01. The molecule has 0 bridgehead atoms. The van der Waals surface area contributed by atoms with E-state index in [9.17, 15) is 0 Å². The number of rotatable bonds is 6. The molecule has 1 atom stereocenters. The molecule has 2 heteroatoms. The van der Waals surface area contributed by atoms with E-state index in [-0.39, 0.29) is 0 Å². The summed E-state index contributed by atoms with van der Waals surface area (Å²) in [4.78, 5) is 0. The van der Waals surface area contributed by atoms with Crippen molar-refractivity contribution in [3.05, 3.63) is 0 Å². The summed E-state index contributed by atoms with van der Waals surface area (Å²) in [5, 5.41) is 3.40. The molecule has 0 aromatic carbocycles. The van der Waals surface area contributed by atoms with Gasteiger partial charge in [0.2, 0.25) is 0 Å². The first-order chi connectivity index (χ1) is 5.56. The lowest BCUT2D eigenvalue weighted by Gasteiger charge is -2.33. The summed E-state index contributed by atoms with van der Waals surface area (Å²) in [6, 6.07) is 0. The van der Waals surface area contributed by atoms with Crippen LogP contribution in [0.1, 0.15) is 34.1 Å². The number of nitrogens with two attached hydrogens (primary N) is 1. The maximum atomic E-state index is 5.60. The molecule has 0 saturated carbocycles. The van der Waals surface area contributed by atoms with Crippen LogP contribution in [0.5, 0.6) is 0 Å². The predicted molar refractivity (Wildman–Crippen MR) is 55.2 cm³/mol. The van der Waals surface area contributed by atoms with Crippen LogP contribution in [0.3, 0.4) is 0 Å². The van der Waals surface area contributed by atoms with Crippen molar-refractivity contribution in [2.75, 3.05) is 19.6 Å². The summed E-state index contributed by atoms with van der Waals surface area (Å²) >= 11 is 0. The first kappa shape index (κ1) is 11.9. The molecule has 0 aliphatic heterocycles. The molecule has 0 amide bonds. The van der Waals surface area contributed by atoms with Crippen LogP contribution in [0, 0.1) is 11.3 Å². The molecule has 2 nitrogen and oxygen atoms in total. The molecule has 12 heavy (non-hydrogen) atoms. The third-order valence-electron chi connectivity index (χ3n) is 2.89. The number of hydrogen-bond acceptors (Lipinski definition) is 2. The van der Waals surface area contributed by atoms with Gasteiger partial charge in [-0.2, -0.15) is 0 Å². The highest BCUT2D eigenvalue weighted by Gasteiger charge is 2.26. The predicted octanol–water partition coefficient (Wildman–Crippen LogP) is 1.61. The molecule has 0 saturated heterocycles. The van der Waals surface area contributed by atoms with Crippen LogP contribution < -0.4 is 11.1 Å². The Balaban J connectivity index is 3.99. The quantitative estimate of drug-likeness (QED) is 0.639. The van der Waals surface area contributed by atoms with E-state index in [2.05, 4.69) is 33.0 Å². The lowest BCUT2D eigenvalue weighted by Crippen LogP contribution is -2.37. The fourth-order valence-corrected chi connectivity index (χ4v) is 1.32. The Kier molecular flexibility index (Phi) is 5.51. The number of nitrogens with one attached hydrogen (secondary N) is 1. The summed E-state index contributed by atoms with van der Waals surface area (Å²) in [6.45, 7) is 11.9. The van der Waals surface area contributed by atoms with E-state index in [1.165, 1.54) is 0 Å². The summed E-state index contributed by atoms with van der Waals surface area (Å²) in [6.07, 6.45) is 1.11. The molecular formula is C10H24N2. The average molecular weight is 172 g/mol. The Morgan fingerprint density at radius 3 is 2.33 bits per heavy atom. The van der Waals surface area contributed by atoms with Crippen molar-refractivity contribution in [3.63, 3.8) is 0 Å². The van der Waals surface area contributed by atoms with Crippen LogP contribution in [-0.4, -0.2) is 19.6 Å². The Labute approximate surface area is 76.9 Å². The van der Waals surface area contributed by atoms with Crippen LogP contribution in [0.15, 0.2) is 0 Å². The van der Waals surface area contributed by atoms with E-state index in [1.54, 1.807) is 0 Å². The molecule has 0 heterocycles. The molecule has 0 fully saturated rings. The van der Waals surface area contributed by atoms with Crippen LogP contribution in [0.2, 0.25) is 0 Å². The third kappa shape index (κ3) is 3.55. The lowest BCUT2D eigenvalue weighted by atomic mass is 9.76. The highest BCUT2D eigenvalue weighted by atomic mass is 14.9. The molecule has 0 radical (unpaired) electrons. The maximum Gasteiger partial charge on any atom is 0.000797 e. The summed E-state index contributed by atoms with van der Waals surface area (Å²) in [5.41, 5.74) is 5.96. The minimum Gasteiger partial charge on any atom is -0.330 e. The Bertz CT molecular complexity index is 112. The largest absolute Gasteiger partial charge is 0.330 e. The normalized spacial score (nSPS) is 16.5. The highest BCUT2D eigenvalue weighted by Crippen LogP contribution is 2.29. The molecule has 1 unspecified atom stereocenters. The Morgan fingerprint density at radius 2 is 2.00 bits per heavy atom. The topological polar surface area (TPSA) is 38.0 Å². The van der Waals surface area contributed by atoms with E-state index in [4.69, 9.17) is 5.73 Å². The molecule has 0 spiro atoms. The molecule has 3 N–H and O–H groups in total. The third-order valence-corrected chi connectivity index (χ3v) is 2.89. The second kappa shape index (κ2) is 5.55. The van der Waals surface area contributed by atoms with Crippen molar-refractivity contribution in [1.82, 2.24) is 5.32 Å². The van der Waals surface area contributed by atoms with Gasteiger partial charge >= 0.3 is 0 Å². The molecule has 0 aliphatic rings. The van der Waals surface area contributed by atoms with Gasteiger partial charge in [-0.15, -0.1) is 0 Å². The van der Waals surface area contributed by atoms with Crippen molar-refractivity contribution in [2.45, 2.75) is 34.1 Å². The monoisotopic (exact) mass is 172 g/mol. The fraction of sp³-hybridized carbons (Fsp3) is 1.00. The zero-order chi connectivity index (χ0) is 9.61. The molecule has 0 aliphatic carbocycles. The minimum absolute atomic E-state index is 0.366. The first-order valence-electron chi connectivity index (χ1n) is 4.97. The minimum atomic E-state index is 0.366. The Morgan fingerprint density at radius 1 is 1.42 bits per heavy atom. The smallest absolute Gasteiger partial charge is 0.000797 e. The lowest BCUT2D eigenvalue weighted by molar-refractivity contribution is 0.196. The van der Waals surface area contributed by atoms with E-state index < -0.39 is 0 Å². The zero-order valence-electron chi connectivity index (χ0n) is 8.98. The van der Waals surface area contributed by atoms with Crippen molar-refractivity contribution in [2.24, 2.45) is 17.1 Å². The van der Waals surface area contributed by atoms with Crippen LogP contribution in [0.4, 0.5) is 0 Å².